The number of hydrogen-bond donors (Lipinski definition) is 1. The minimum absolute atomic E-state index is 0.000382. The normalized spacial score (nSPS) is 17.7. The summed E-state index contributed by atoms with van der Waals surface area (Å²) < 4.78 is 5.96. The fourth-order valence-electron chi connectivity index (χ4n) is 2.15. The standard InChI is InChI=1S/C14H20OS/c1-14(2)8-7-12-10-11(4-3-9-16)5-6-13(12)15-14/h5-6,10,16H,3-4,7-9H2,1-2H3. The third-order valence-corrected chi connectivity index (χ3v) is 3.45. The fraction of sp³-hybridized carbons (Fsp3) is 0.571. The summed E-state index contributed by atoms with van der Waals surface area (Å²) in [4.78, 5) is 0. The third-order valence-electron chi connectivity index (χ3n) is 3.13. The summed E-state index contributed by atoms with van der Waals surface area (Å²) in [6.07, 6.45) is 4.52. The van der Waals surface area contributed by atoms with E-state index in [0.29, 0.717) is 0 Å². The second-order valence-electron chi connectivity index (χ2n) is 5.13. The second-order valence-corrected chi connectivity index (χ2v) is 5.58. The molecule has 0 unspecified atom stereocenters. The van der Waals surface area contributed by atoms with Gasteiger partial charge in [0.1, 0.15) is 11.4 Å². The molecule has 0 spiro atoms. The van der Waals surface area contributed by atoms with Crippen LogP contribution in [0.25, 0.3) is 0 Å². The van der Waals surface area contributed by atoms with Gasteiger partial charge in [0, 0.05) is 0 Å². The zero-order chi connectivity index (χ0) is 11.6. The molecule has 0 saturated carbocycles. The van der Waals surface area contributed by atoms with Gasteiger partial charge in [0.25, 0.3) is 0 Å². The number of fused-ring (bicyclic) bond motifs is 1. The first-order valence-electron chi connectivity index (χ1n) is 6.02. The van der Waals surface area contributed by atoms with E-state index in [0.717, 1.165) is 37.2 Å². The average Bonchev–Trinajstić information content (AvgIpc) is 2.25. The molecule has 2 heteroatoms. The SMILES string of the molecule is CC1(C)CCc2cc(CCCS)ccc2O1. The molecule has 0 aromatic heterocycles. The van der Waals surface area contributed by atoms with Crippen LogP contribution in [0.2, 0.25) is 0 Å². The largest absolute Gasteiger partial charge is 0.488 e. The van der Waals surface area contributed by atoms with Gasteiger partial charge < -0.3 is 4.74 Å². The fourth-order valence-corrected chi connectivity index (χ4v) is 2.31. The van der Waals surface area contributed by atoms with Crippen LogP contribution in [0, 0.1) is 0 Å². The Bertz CT molecular complexity index is 371. The van der Waals surface area contributed by atoms with Gasteiger partial charge in [-0.2, -0.15) is 12.6 Å². The highest BCUT2D eigenvalue weighted by Crippen LogP contribution is 2.33. The molecule has 16 heavy (non-hydrogen) atoms. The molecular formula is C14H20OS. The number of ether oxygens (including phenoxy) is 1. The van der Waals surface area contributed by atoms with Crippen molar-refractivity contribution in [2.75, 3.05) is 5.75 Å². The first-order chi connectivity index (χ1) is 7.61. The summed E-state index contributed by atoms with van der Waals surface area (Å²) in [5.41, 5.74) is 2.78. The van der Waals surface area contributed by atoms with E-state index < -0.39 is 0 Å². The first kappa shape index (κ1) is 11.8. The van der Waals surface area contributed by atoms with Crippen LogP contribution in [0.5, 0.6) is 5.75 Å². The van der Waals surface area contributed by atoms with E-state index in [1.54, 1.807) is 0 Å². The van der Waals surface area contributed by atoms with Crippen LogP contribution < -0.4 is 4.74 Å². The molecule has 1 heterocycles. The lowest BCUT2D eigenvalue weighted by atomic mass is 9.93. The summed E-state index contributed by atoms with van der Waals surface area (Å²) >= 11 is 4.25. The van der Waals surface area contributed by atoms with Crippen molar-refractivity contribution in [1.29, 1.82) is 0 Å². The Morgan fingerprint density at radius 2 is 2.19 bits per heavy atom. The Morgan fingerprint density at radius 3 is 2.94 bits per heavy atom. The average molecular weight is 236 g/mol. The Hall–Kier alpha value is -0.630. The van der Waals surface area contributed by atoms with E-state index in [2.05, 4.69) is 44.7 Å². The van der Waals surface area contributed by atoms with Crippen LogP contribution in [0.15, 0.2) is 18.2 Å². The van der Waals surface area contributed by atoms with Crippen molar-refractivity contribution < 1.29 is 4.74 Å². The summed E-state index contributed by atoms with van der Waals surface area (Å²) in [5.74, 6) is 2.03. The molecule has 1 aliphatic rings. The van der Waals surface area contributed by atoms with Gasteiger partial charge in [-0.25, -0.2) is 0 Å². The minimum atomic E-state index is -0.000382. The van der Waals surface area contributed by atoms with E-state index in [4.69, 9.17) is 4.74 Å². The minimum Gasteiger partial charge on any atom is -0.488 e. The Morgan fingerprint density at radius 1 is 1.38 bits per heavy atom. The van der Waals surface area contributed by atoms with Gasteiger partial charge in [-0.1, -0.05) is 12.1 Å². The lowest BCUT2D eigenvalue weighted by Gasteiger charge is -2.32. The Kier molecular flexibility index (Phi) is 3.48. The van der Waals surface area contributed by atoms with Gasteiger partial charge in [-0.05, 0) is 62.5 Å². The van der Waals surface area contributed by atoms with Crippen molar-refractivity contribution in [2.45, 2.75) is 45.1 Å². The highest BCUT2D eigenvalue weighted by molar-refractivity contribution is 7.80. The molecule has 0 saturated heterocycles. The van der Waals surface area contributed by atoms with E-state index >= 15 is 0 Å². The number of thiol groups is 1. The monoisotopic (exact) mass is 236 g/mol. The lowest BCUT2D eigenvalue weighted by Crippen LogP contribution is -2.32. The van der Waals surface area contributed by atoms with E-state index in [1.807, 2.05) is 0 Å². The number of hydrogen-bond acceptors (Lipinski definition) is 2. The molecule has 0 radical (unpaired) electrons. The van der Waals surface area contributed by atoms with E-state index in [1.165, 1.54) is 11.1 Å². The van der Waals surface area contributed by atoms with Crippen LogP contribution in [0.3, 0.4) is 0 Å². The van der Waals surface area contributed by atoms with Crippen LogP contribution >= 0.6 is 12.6 Å². The van der Waals surface area contributed by atoms with Gasteiger partial charge >= 0.3 is 0 Å². The molecule has 88 valence electrons. The second kappa shape index (κ2) is 4.70. The molecular weight excluding hydrogens is 216 g/mol. The van der Waals surface area contributed by atoms with Crippen LogP contribution in [0.1, 0.15) is 37.8 Å². The molecule has 0 atom stereocenters. The van der Waals surface area contributed by atoms with Crippen molar-refractivity contribution in [2.24, 2.45) is 0 Å². The topological polar surface area (TPSA) is 9.23 Å². The van der Waals surface area contributed by atoms with Crippen molar-refractivity contribution >= 4 is 12.6 Å². The predicted molar refractivity (Wildman–Crippen MR) is 71.6 cm³/mol. The zero-order valence-electron chi connectivity index (χ0n) is 10.1. The number of benzene rings is 1. The highest BCUT2D eigenvalue weighted by Gasteiger charge is 2.26. The maximum Gasteiger partial charge on any atom is 0.123 e. The maximum absolute atomic E-state index is 5.96. The zero-order valence-corrected chi connectivity index (χ0v) is 11.0. The molecule has 0 bridgehead atoms. The third kappa shape index (κ3) is 2.73. The molecule has 1 aromatic carbocycles. The smallest absolute Gasteiger partial charge is 0.123 e. The van der Waals surface area contributed by atoms with E-state index in [-0.39, 0.29) is 5.60 Å². The molecule has 1 aliphatic heterocycles. The van der Waals surface area contributed by atoms with E-state index in [9.17, 15) is 0 Å². The lowest BCUT2D eigenvalue weighted by molar-refractivity contribution is 0.0846. The molecule has 0 fully saturated rings. The highest BCUT2D eigenvalue weighted by atomic mass is 32.1. The summed E-state index contributed by atoms with van der Waals surface area (Å²) in [5, 5.41) is 0. The molecule has 0 amide bonds. The van der Waals surface area contributed by atoms with Gasteiger partial charge in [-0.15, -0.1) is 0 Å². The van der Waals surface area contributed by atoms with Gasteiger partial charge in [0.15, 0.2) is 0 Å². The maximum atomic E-state index is 5.96. The Balaban J connectivity index is 2.15. The molecule has 1 nitrogen and oxygen atoms in total. The van der Waals surface area contributed by atoms with Crippen LogP contribution in [-0.2, 0) is 12.8 Å². The van der Waals surface area contributed by atoms with Crippen molar-refractivity contribution in [3.8, 4) is 5.75 Å². The van der Waals surface area contributed by atoms with Crippen molar-refractivity contribution in [1.82, 2.24) is 0 Å². The first-order valence-corrected chi connectivity index (χ1v) is 6.66. The quantitative estimate of drug-likeness (QED) is 0.788. The van der Waals surface area contributed by atoms with Crippen molar-refractivity contribution in [3.05, 3.63) is 29.3 Å². The summed E-state index contributed by atoms with van der Waals surface area (Å²) in [6.45, 7) is 4.31. The number of aryl methyl sites for hydroxylation is 2. The van der Waals surface area contributed by atoms with Gasteiger partial charge in [-0.3, -0.25) is 0 Å². The van der Waals surface area contributed by atoms with Gasteiger partial charge in [0.2, 0.25) is 0 Å². The summed E-state index contributed by atoms with van der Waals surface area (Å²) in [6, 6.07) is 6.61. The molecule has 0 aliphatic carbocycles. The molecule has 2 rings (SSSR count). The Labute approximate surface area is 104 Å². The van der Waals surface area contributed by atoms with Crippen molar-refractivity contribution in [3.63, 3.8) is 0 Å². The predicted octanol–water partition coefficient (Wildman–Crippen LogP) is 3.65. The molecule has 1 aromatic rings. The number of rotatable bonds is 3. The summed E-state index contributed by atoms with van der Waals surface area (Å²) in [7, 11) is 0. The van der Waals surface area contributed by atoms with Gasteiger partial charge in [0.05, 0.1) is 0 Å². The molecule has 0 N–H and O–H groups in total. The van der Waals surface area contributed by atoms with Crippen LogP contribution in [-0.4, -0.2) is 11.4 Å². The van der Waals surface area contributed by atoms with Crippen LogP contribution in [0.4, 0.5) is 0 Å².